The normalized spacial score (nSPS) is 19.3. The summed E-state index contributed by atoms with van der Waals surface area (Å²) in [5.74, 6) is 0.690. The molecule has 2 rings (SSSR count). The van der Waals surface area contributed by atoms with Crippen LogP contribution in [0.1, 0.15) is 24.0 Å². The number of nitrogens with zero attached hydrogens (tertiary/aromatic N) is 1. The van der Waals surface area contributed by atoms with E-state index in [9.17, 15) is 9.90 Å². The third kappa shape index (κ3) is 3.70. The number of hydrogen-bond acceptors (Lipinski definition) is 3. The summed E-state index contributed by atoms with van der Waals surface area (Å²) >= 11 is 0. The van der Waals surface area contributed by atoms with E-state index in [1.807, 2.05) is 32.0 Å². The number of aryl methyl sites for hydroxylation is 2. The number of benzene rings is 1. The third-order valence-corrected chi connectivity index (χ3v) is 3.43. The smallest absolute Gasteiger partial charge is 0.260 e. The second-order valence-electron chi connectivity index (χ2n) is 5.19. The van der Waals surface area contributed by atoms with Gasteiger partial charge in [-0.05, 0) is 38.3 Å². The van der Waals surface area contributed by atoms with Crippen LogP contribution in [0.3, 0.4) is 0 Å². The molecule has 4 heteroatoms. The van der Waals surface area contributed by atoms with Crippen LogP contribution in [0.15, 0.2) is 18.2 Å². The van der Waals surface area contributed by atoms with Gasteiger partial charge in [-0.3, -0.25) is 4.79 Å². The van der Waals surface area contributed by atoms with Crippen molar-refractivity contribution >= 4 is 5.91 Å². The Morgan fingerprint density at radius 2 is 2.26 bits per heavy atom. The van der Waals surface area contributed by atoms with E-state index in [1.165, 1.54) is 5.56 Å². The number of amides is 1. The van der Waals surface area contributed by atoms with E-state index in [-0.39, 0.29) is 18.6 Å². The highest BCUT2D eigenvalue weighted by molar-refractivity contribution is 5.78. The Kier molecular flexibility index (Phi) is 4.43. The molecule has 19 heavy (non-hydrogen) atoms. The molecule has 1 heterocycles. The number of carbonyl (C=O) groups is 1. The lowest BCUT2D eigenvalue weighted by molar-refractivity contribution is -0.136. The molecule has 0 bridgehead atoms. The maximum atomic E-state index is 12.0. The molecule has 1 N–H and O–H groups in total. The Morgan fingerprint density at radius 1 is 1.47 bits per heavy atom. The summed E-state index contributed by atoms with van der Waals surface area (Å²) in [5, 5.41) is 9.55. The predicted octanol–water partition coefficient (Wildman–Crippen LogP) is 1.67. The van der Waals surface area contributed by atoms with E-state index in [2.05, 4.69) is 0 Å². The fraction of sp³-hybridized carbons (Fsp3) is 0.533. The SMILES string of the molecule is Cc1ccc(OCC(=O)N2CCC[C@H](O)C2)c(C)c1. The lowest BCUT2D eigenvalue weighted by Gasteiger charge is -2.30. The Morgan fingerprint density at radius 3 is 2.95 bits per heavy atom. The molecule has 1 aliphatic rings. The van der Waals surface area contributed by atoms with Gasteiger partial charge in [0.15, 0.2) is 6.61 Å². The van der Waals surface area contributed by atoms with Crippen molar-refractivity contribution in [2.24, 2.45) is 0 Å². The van der Waals surface area contributed by atoms with Gasteiger partial charge in [-0.25, -0.2) is 0 Å². The summed E-state index contributed by atoms with van der Waals surface area (Å²) in [5.41, 5.74) is 2.21. The molecule has 1 atom stereocenters. The number of likely N-dealkylation sites (tertiary alicyclic amines) is 1. The molecule has 1 saturated heterocycles. The minimum absolute atomic E-state index is 0.0383. The van der Waals surface area contributed by atoms with Crippen LogP contribution in [0, 0.1) is 13.8 Å². The fourth-order valence-electron chi connectivity index (χ4n) is 2.37. The topological polar surface area (TPSA) is 49.8 Å². The summed E-state index contributed by atoms with van der Waals surface area (Å²) in [6, 6.07) is 5.89. The van der Waals surface area contributed by atoms with E-state index in [0.717, 1.165) is 24.2 Å². The first-order valence-corrected chi connectivity index (χ1v) is 6.72. The average molecular weight is 263 g/mol. The zero-order valence-corrected chi connectivity index (χ0v) is 11.6. The van der Waals surface area contributed by atoms with Gasteiger partial charge in [0.25, 0.3) is 5.91 Å². The van der Waals surface area contributed by atoms with Crippen LogP contribution in [0.25, 0.3) is 0 Å². The van der Waals surface area contributed by atoms with Crippen molar-refractivity contribution in [1.29, 1.82) is 0 Å². The molecule has 4 nitrogen and oxygen atoms in total. The number of rotatable bonds is 3. The van der Waals surface area contributed by atoms with E-state index >= 15 is 0 Å². The van der Waals surface area contributed by atoms with Crippen LogP contribution in [0.5, 0.6) is 5.75 Å². The second kappa shape index (κ2) is 6.06. The molecule has 0 spiro atoms. The van der Waals surface area contributed by atoms with Crippen molar-refractivity contribution < 1.29 is 14.6 Å². The molecule has 1 aliphatic heterocycles. The molecular weight excluding hydrogens is 242 g/mol. The monoisotopic (exact) mass is 263 g/mol. The maximum Gasteiger partial charge on any atom is 0.260 e. The molecule has 0 radical (unpaired) electrons. The Bertz CT molecular complexity index is 459. The van der Waals surface area contributed by atoms with Crippen LogP contribution >= 0.6 is 0 Å². The number of β-amino-alcohol motifs (C(OH)–C–C–N with tert-alkyl or cyclic N) is 1. The number of carbonyl (C=O) groups excluding carboxylic acids is 1. The molecule has 104 valence electrons. The minimum atomic E-state index is -0.390. The average Bonchev–Trinajstić information content (AvgIpc) is 2.37. The van der Waals surface area contributed by atoms with Crippen molar-refractivity contribution in [2.45, 2.75) is 32.8 Å². The van der Waals surface area contributed by atoms with Crippen LogP contribution in [-0.4, -0.2) is 41.7 Å². The van der Waals surface area contributed by atoms with Gasteiger partial charge in [0.1, 0.15) is 5.75 Å². The standard InChI is InChI=1S/C15H21NO3/c1-11-5-6-14(12(2)8-11)19-10-15(18)16-7-3-4-13(17)9-16/h5-6,8,13,17H,3-4,7,9-10H2,1-2H3/t13-/m0/s1. The quantitative estimate of drug-likeness (QED) is 0.902. The highest BCUT2D eigenvalue weighted by Crippen LogP contribution is 2.19. The van der Waals surface area contributed by atoms with Crippen molar-refractivity contribution in [3.63, 3.8) is 0 Å². The van der Waals surface area contributed by atoms with E-state index in [0.29, 0.717) is 13.1 Å². The van der Waals surface area contributed by atoms with Crippen LogP contribution in [-0.2, 0) is 4.79 Å². The largest absolute Gasteiger partial charge is 0.484 e. The zero-order valence-electron chi connectivity index (χ0n) is 11.6. The van der Waals surface area contributed by atoms with E-state index in [4.69, 9.17) is 4.74 Å². The van der Waals surface area contributed by atoms with Crippen molar-refractivity contribution in [3.05, 3.63) is 29.3 Å². The van der Waals surface area contributed by atoms with E-state index < -0.39 is 0 Å². The first-order valence-electron chi connectivity index (χ1n) is 6.72. The van der Waals surface area contributed by atoms with Gasteiger partial charge >= 0.3 is 0 Å². The van der Waals surface area contributed by atoms with Crippen molar-refractivity contribution in [1.82, 2.24) is 4.90 Å². The van der Waals surface area contributed by atoms with Gasteiger partial charge in [0.2, 0.25) is 0 Å². The van der Waals surface area contributed by atoms with Crippen LogP contribution in [0.2, 0.25) is 0 Å². The van der Waals surface area contributed by atoms with Crippen LogP contribution < -0.4 is 4.74 Å². The first-order chi connectivity index (χ1) is 9.06. The van der Waals surface area contributed by atoms with Gasteiger partial charge < -0.3 is 14.7 Å². The Balaban J connectivity index is 1.89. The molecule has 1 fully saturated rings. The van der Waals surface area contributed by atoms with Gasteiger partial charge in [-0.15, -0.1) is 0 Å². The van der Waals surface area contributed by atoms with Gasteiger partial charge in [-0.1, -0.05) is 17.7 Å². The molecular formula is C15H21NO3. The number of hydrogen-bond donors (Lipinski definition) is 1. The second-order valence-corrected chi connectivity index (χ2v) is 5.19. The van der Waals surface area contributed by atoms with Gasteiger partial charge in [-0.2, -0.15) is 0 Å². The molecule has 1 aromatic rings. The lowest BCUT2D eigenvalue weighted by atomic mass is 10.1. The molecule has 0 unspecified atom stereocenters. The molecule has 1 aromatic carbocycles. The minimum Gasteiger partial charge on any atom is -0.484 e. The summed E-state index contributed by atoms with van der Waals surface area (Å²) in [7, 11) is 0. The maximum absolute atomic E-state index is 12.0. The zero-order chi connectivity index (χ0) is 13.8. The van der Waals surface area contributed by atoms with E-state index in [1.54, 1.807) is 4.90 Å². The fourth-order valence-corrected chi connectivity index (χ4v) is 2.37. The Labute approximate surface area is 114 Å². The predicted molar refractivity (Wildman–Crippen MR) is 73.2 cm³/mol. The lowest BCUT2D eigenvalue weighted by Crippen LogP contribution is -2.44. The number of piperidine rings is 1. The van der Waals surface area contributed by atoms with Crippen LogP contribution in [0.4, 0.5) is 0 Å². The number of ether oxygens (including phenoxy) is 1. The molecule has 1 amide bonds. The van der Waals surface area contributed by atoms with Crippen molar-refractivity contribution in [2.75, 3.05) is 19.7 Å². The van der Waals surface area contributed by atoms with Crippen molar-refractivity contribution in [3.8, 4) is 5.75 Å². The number of aliphatic hydroxyl groups is 1. The van der Waals surface area contributed by atoms with Gasteiger partial charge in [0.05, 0.1) is 6.10 Å². The molecule has 0 aliphatic carbocycles. The summed E-state index contributed by atoms with van der Waals surface area (Å²) in [6.45, 7) is 5.17. The summed E-state index contributed by atoms with van der Waals surface area (Å²) in [6.07, 6.45) is 1.25. The first kappa shape index (κ1) is 13.9. The Hall–Kier alpha value is -1.55. The third-order valence-electron chi connectivity index (χ3n) is 3.43. The number of aliphatic hydroxyl groups excluding tert-OH is 1. The highest BCUT2D eigenvalue weighted by Gasteiger charge is 2.22. The van der Waals surface area contributed by atoms with Gasteiger partial charge in [0, 0.05) is 13.1 Å². The summed E-state index contributed by atoms with van der Waals surface area (Å²) in [4.78, 5) is 13.7. The summed E-state index contributed by atoms with van der Waals surface area (Å²) < 4.78 is 5.57. The molecule has 0 aromatic heterocycles. The highest BCUT2D eigenvalue weighted by atomic mass is 16.5. The molecule has 0 saturated carbocycles.